The zero-order valence-electron chi connectivity index (χ0n) is 20.9. The lowest BCUT2D eigenvalue weighted by molar-refractivity contribution is -0.384. The van der Waals surface area contributed by atoms with Crippen LogP contribution in [0.5, 0.6) is 0 Å². The summed E-state index contributed by atoms with van der Waals surface area (Å²) in [5, 5.41) is 10.6. The number of thioether (sulfide) groups is 1. The van der Waals surface area contributed by atoms with Crippen LogP contribution in [0.25, 0.3) is 0 Å². The summed E-state index contributed by atoms with van der Waals surface area (Å²) in [5.41, 5.74) is 1.80. The molecule has 2 aliphatic rings. The molecule has 0 aliphatic carbocycles. The molecule has 2 aliphatic heterocycles. The summed E-state index contributed by atoms with van der Waals surface area (Å²) >= 11 is 11.3. The van der Waals surface area contributed by atoms with Crippen LogP contribution >= 0.6 is 39.3 Å². The molecule has 1 unspecified atom stereocenters. The van der Waals surface area contributed by atoms with E-state index in [0.717, 1.165) is 11.1 Å². The molecule has 8 nitrogen and oxygen atoms in total. The number of nitro benzene ring substituents is 1. The fourth-order valence-electron chi connectivity index (χ4n) is 4.81. The average molecular weight is 629 g/mol. The van der Waals surface area contributed by atoms with Gasteiger partial charge in [0.05, 0.1) is 4.92 Å². The van der Waals surface area contributed by atoms with Gasteiger partial charge in [0.1, 0.15) is 16.6 Å². The van der Waals surface area contributed by atoms with Crippen LogP contribution in [-0.2, 0) is 14.3 Å². The number of carbonyl (C=O) groups is 2. The quantitative estimate of drug-likeness (QED) is 0.0599. The number of carbonyl (C=O) groups excluding carboxylic acids is 2. The molecule has 0 radical (unpaired) electrons. The highest BCUT2D eigenvalue weighted by Crippen LogP contribution is 2.59. The molecule has 2 saturated heterocycles. The Morgan fingerprint density at radius 3 is 2.23 bits per heavy atom. The molecule has 0 aromatic heterocycles. The molecule has 2 heterocycles. The maximum atomic E-state index is 13.7. The van der Waals surface area contributed by atoms with Crippen LogP contribution in [-0.4, -0.2) is 47.5 Å². The lowest BCUT2D eigenvalue weighted by atomic mass is 9.95. The summed E-state index contributed by atoms with van der Waals surface area (Å²) in [6, 6.07) is 23.7. The highest BCUT2D eigenvalue weighted by molar-refractivity contribution is 9.10. The minimum atomic E-state index is -1.43. The number of ether oxygens (including phenoxy) is 1. The minimum absolute atomic E-state index is 0.0544. The van der Waals surface area contributed by atoms with Gasteiger partial charge in [-0.15, -0.1) is 11.8 Å². The third-order valence-corrected chi connectivity index (χ3v) is 9.86. The Bertz CT molecular complexity index is 1430. The van der Waals surface area contributed by atoms with Gasteiger partial charge in [-0.2, -0.15) is 0 Å². The van der Waals surface area contributed by atoms with Crippen molar-refractivity contribution >= 4 is 62.0 Å². The number of benzene rings is 3. The number of aliphatic imine (C=N–C) groups is 1. The van der Waals surface area contributed by atoms with Crippen molar-refractivity contribution < 1.29 is 19.2 Å². The number of hydrogen-bond acceptors (Lipinski definition) is 7. The van der Waals surface area contributed by atoms with Crippen molar-refractivity contribution in [2.75, 3.05) is 0 Å². The molecule has 39 heavy (non-hydrogen) atoms. The number of nitro groups is 1. The lowest BCUT2D eigenvalue weighted by Crippen LogP contribution is -2.70. The minimum Gasteiger partial charge on any atom is -0.451 e. The fourth-order valence-corrected chi connectivity index (χ4v) is 7.60. The number of fused-ring (bicyclic) bond motifs is 1. The number of halogens is 2. The Morgan fingerprint density at radius 1 is 1.08 bits per heavy atom. The summed E-state index contributed by atoms with van der Waals surface area (Å²) < 4.78 is 3.99. The molecule has 0 saturated carbocycles. The van der Waals surface area contributed by atoms with Gasteiger partial charge in [0, 0.05) is 22.4 Å². The first-order chi connectivity index (χ1) is 18.5. The third-order valence-electron chi connectivity index (χ3n) is 6.68. The Kier molecular flexibility index (Phi) is 7.30. The number of non-ortho nitro benzene ring substituents is 1. The zero-order chi connectivity index (χ0) is 27.9. The van der Waals surface area contributed by atoms with E-state index in [-0.39, 0.29) is 10.9 Å². The molecule has 0 spiro atoms. The summed E-state index contributed by atoms with van der Waals surface area (Å²) in [6.45, 7) is 3.77. The summed E-state index contributed by atoms with van der Waals surface area (Å²) in [5.74, 6) is -0.962. The first-order valence-electron chi connectivity index (χ1n) is 12.0. The van der Waals surface area contributed by atoms with Crippen LogP contribution in [0.2, 0.25) is 0 Å². The molecular weight excluding hydrogens is 606 g/mol. The van der Waals surface area contributed by atoms with Crippen LogP contribution in [0.15, 0.2) is 89.9 Å². The van der Waals surface area contributed by atoms with Crippen LogP contribution in [0.4, 0.5) is 5.69 Å². The molecule has 0 N–H and O–H groups in total. The summed E-state index contributed by atoms with van der Waals surface area (Å²) in [6.07, 6.45) is -0.647. The van der Waals surface area contributed by atoms with Crippen molar-refractivity contribution in [1.29, 1.82) is 0 Å². The summed E-state index contributed by atoms with van der Waals surface area (Å²) in [4.78, 5) is 43.8. The molecule has 3 aromatic carbocycles. The smallest absolute Gasteiger partial charge is 0.331 e. The van der Waals surface area contributed by atoms with E-state index in [1.165, 1.54) is 34.9 Å². The van der Waals surface area contributed by atoms with E-state index < -0.39 is 43.5 Å². The number of nitrogens with zero attached hydrogens (tertiary/aromatic N) is 3. The van der Waals surface area contributed by atoms with Crippen molar-refractivity contribution in [2.24, 2.45) is 4.99 Å². The molecule has 3 aromatic rings. The summed E-state index contributed by atoms with van der Waals surface area (Å²) in [7, 11) is 0. The third kappa shape index (κ3) is 4.97. The highest BCUT2D eigenvalue weighted by atomic mass is 79.9. The van der Waals surface area contributed by atoms with Gasteiger partial charge >= 0.3 is 5.97 Å². The SMILES string of the molecule is CC1(C)S[C@H]2N(C(=O)C2(Br)/N=C(\Cl)c2cccc([N+](=O)[O-])c2)[C@H]1C(=O)OC(c1ccccc1)c1ccccc1. The maximum Gasteiger partial charge on any atom is 0.331 e. The zero-order valence-corrected chi connectivity index (χ0v) is 24.0. The van der Waals surface area contributed by atoms with Crippen LogP contribution < -0.4 is 0 Å². The normalized spacial score (nSPS) is 23.8. The lowest BCUT2D eigenvalue weighted by Gasteiger charge is -2.47. The Morgan fingerprint density at radius 2 is 1.67 bits per heavy atom. The molecule has 11 heteroatoms. The van der Waals surface area contributed by atoms with Crippen molar-refractivity contribution in [3.05, 3.63) is 112 Å². The van der Waals surface area contributed by atoms with Gasteiger partial charge in [0.15, 0.2) is 6.10 Å². The van der Waals surface area contributed by atoms with E-state index in [4.69, 9.17) is 16.3 Å². The Labute approximate surface area is 242 Å². The van der Waals surface area contributed by atoms with Crippen LogP contribution in [0.3, 0.4) is 0 Å². The number of esters is 1. The molecule has 5 rings (SSSR count). The number of β-lactam (4-membered cyclic amide) rings is 1. The van der Waals surface area contributed by atoms with E-state index in [1.807, 2.05) is 74.5 Å². The van der Waals surface area contributed by atoms with Crippen molar-refractivity contribution in [2.45, 2.75) is 40.6 Å². The van der Waals surface area contributed by atoms with Gasteiger partial charge in [-0.3, -0.25) is 14.9 Å². The standard InChI is InChI=1S/C28H23BrClN3O5S/c1-27(2)22(24(34)38-21(17-10-5-3-6-11-17)18-12-7-4-8-13-18)32-25(35)28(29,26(32)39-27)31-23(30)19-14-9-15-20(16-19)33(36)37/h3-16,21-22,26H,1-2H3/b31-23-/t22-,26+,28?/m0/s1. The van der Waals surface area contributed by atoms with Gasteiger partial charge in [-0.1, -0.05) is 84.4 Å². The van der Waals surface area contributed by atoms with E-state index in [0.29, 0.717) is 5.56 Å². The van der Waals surface area contributed by atoms with Gasteiger partial charge < -0.3 is 9.64 Å². The van der Waals surface area contributed by atoms with Crippen LogP contribution in [0.1, 0.15) is 36.6 Å². The predicted molar refractivity (Wildman–Crippen MR) is 154 cm³/mol. The van der Waals surface area contributed by atoms with Crippen molar-refractivity contribution in [3.63, 3.8) is 0 Å². The van der Waals surface area contributed by atoms with Gasteiger partial charge in [-0.25, -0.2) is 9.79 Å². The van der Waals surface area contributed by atoms with Gasteiger partial charge in [-0.05, 0) is 40.9 Å². The van der Waals surface area contributed by atoms with Crippen LogP contribution in [0, 0.1) is 10.1 Å². The average Bonchev–Trinajstić information content (AvgIpc) is 3.21. The van der Waals surface area contributed by atoms with Gasteiger partial charge in [0.25, 0.3) is 11.6 Å². The fraction of sp³-hybridized carbons (Fsp3) is 0.250. The Hall–Kier alpha value is -3.21. The largest absolute Gasteiger partial charge is 0.451 e. The topological polar surface area (TPSA) is 102 Å². The maximum absolute atomic E-state index is 13.7. The van der Waals surface area contributed by atoms with E-state index in [9.17, 15) is 19.7 Å². The molecule has 200 valence electrons. The molecule has 0 bridgehead atoms. The van der Waals surface area contributed by atoms with Crippen molar-refractivity contribution in [3.8, 4) is 0 Å². The van der Waals surface area contributed by atoms with E-state index >= 15 is 0 Å². The van der Waals surface area contributed by atoms with Gasteiger partial charge in [0.2, 0.25) is 4.45 Å². The Balaban J connectivity index is 1.42. The monoisotopic (exact) mass is 627 g/mol. The molecule has 1 amide bonds. The number of alkyl halides is 1. The number of hydrogen-bond donors (Lipinski definition) is 0. The predicted octanol–water partition coefficient (Wildman–Crippen LogP) is 6.07. The van der Waals surface area contributed by atoms with Crippen molar-refractivity contribution in [1.82, 2.24) is 4.90 Å². The number of rotatable bonds is 7. The second-order valence-electron chi connectivity index (χ2n) is 9.71. The highest BCUT2D eigenvalue weighted by Gasteiger charge is 2.71. The van der Waals surface area contributed by atoms with E-state index in [1.54, 1.807) is 6.07 Å². The second-order valence-corrected chi connectivity index (χ2v) is 13.0. The second kappa shape index (κ2) is 10.4. The molecule has 2 fully saturated rings. The molecule has 3 atom stereocenters. The number of amides is 1. The molecular formula is C28H23BrClN3O5S. The van der Waals surface area contributed by atoms with E-state index in [2.05, 4.69) is 20.9 Å². The first kappa shape index (κ1) is 27.4. The first-order valence-corrected chi connectivity index (χ1v) is 14.1.